The highest BCUT2D eigenvalue weighted by atomic mass is 32.2. The Hall–Kier alpha value is -3.21. The van der Waals surface area contributed by atoms with Crippen LogP contribution in [-0.4, -0.2) is 47.9 Å². The average Bonchev–Trinajstić information content (AvgIpc) is 3.36. The Kier molecular flexibility index (Phi) is 4.54. The van der Waals surface area contributed by atoms with Crippen LogP contribution in [0.15, 0.2) is 54.5 Å². The Morgan fingerprint density at radius 2 is 2.10 bits per heavy atom. The quantitative estimate of drug-likeness (QED) is 0.454. The smallest absolute Gasteiger partial charge is 0.254 e. The zero-order chi connectivity index (χ0) is 20.7. The molecule has 10 heteroatoms. The molecule has 2 aromatic heterocycles. The number of imidazole rings is 1. The van der Waals surface area contributed by atoms with Crippen LogP contribution in [-0.2, 0) is 14.8 Å². The number of H-pyrrole nitrogens is 1. The van der Waals surface area contributed by atoms with Gasteiger partial charge in [0.25, 0.3) is 10.0 Å². The molecule has 1 saturated heterocycles. The first-order valence-corrected chi connectivity index (χ1v) is 11.0. The summed E-state index contributed by atoms with van der Waals surface area (Å²) in [5.74, 6) is 0.599. The second-order valence-electron chi connectivity index (χ2n) is 6.94. The Morgan fingerprint density at radius 3 is 2.90 bits per heavy atom. The van der Waals surface area contributed by atoms with Crippen LogP contribution in [0.1, 0.15) is 6.23 Å². The summed E-state index contributed by atoms with van der Waals surface area (Å²) in [6, 6.07) is 13.1. The number of sulfonamides is 1. The normalized spacial score (nSPS) is 17.4. The van der Waals surface area contributed by atoms with Crippen molar-refractivity contribution in [1.29, 1.82) is 0 Å². The molecule has 1 aliphatic heterocycles. The lowest BCUT2D eigenvalue weighted by molar-refractivity contribution is -0.0159. The molecule has 1 unspecified atom stereocenters. The van der Waals surface area contributed by atoms with E-state index in [0.717, 1.165) is 23.0 Å². The first-order chi connectivity index (χ1) is 14.6. The Morgan fingerprint density at radius 1 is 1.23 bits per heavy atom. The van der Waals surface area contributed by atoms with Crippen LogP contribution in [0.25, 0.3) is 33.5 Å². The van der Waals surface area contributed by atoms with Crippen molar-refractivity contribution in [3.63, 3.8) is 0 Å². The van der Waals surface area contributed by atoms with Crippen LogP contribution in [0.3, 0.4) is 0 Å². The highest BCUT2D eigenvalue weighted by Crippen LogP contribution is 2.36. The van der Waals surface area contributed by atoms with Gasteiger partial charge in [-0.2, -0.15) is 5.10 Å². The number of hydrogen-bond acceptors (Lipinski definition) is 6. The van der Waals surface area contributed by atoms with E-state index in [-0.39, 0.29) is 6.23 Å². The fraction of sp³-hybridized carbons (Fsp3) is 0.200. The number of hydrogen-bond donors (Lipinski definition) is 3. The van der Waals surface area contributed by atoms with Gasteiger partial charge >= 0.3 is 0 Å². The molecule has 1 fully saturated rings. The van der Waals surface area contributed by atoms with E-state index in [1.165, 1.54) is 0 Å². The predicted octanol–water partition coefficient (Wildman–Crippen LogP) is 2.58. The van der Waals surface area contributed by atoms with E-state index < -0.39 is 10.0 Å². The molecule has 0 amide bonds. The van der Waals surface area contributed by atoms with E-state index in [0.29, 0.717) is 41.3 Å². The number of aromatic nitrogens is 4. The Bertz CT molecular complexity index is 1350. The molecule has 5 rings (SSSR count). The molecular formula is C20H20N6O3S. The molecule has 0 spiro atoms. The van der Waals surface area contributed by atoms with Gasteiger partial charge in [0, 0.05) is 18.5 Å². The number of nitrogens with zero attached hydrogens (tertiary/aromatic N) is 3. The van der Waals surface area contributed by atoms with E-state index in [2.05, 4.69) is 26.8 Å². The number of para-hydroxylation sites is 2. The molecule has 0 saturated carbocycles. The molecule has 30 heavy (non-hydrogen) atoms. The number of rotatable bonds is 5. The van der Waals surface area contributed by atoms with Gasteiger partial charge in [-0.15, -0.1) is 0 Å². The molecule has 9 nitrogen and oxygen atoms in total. The maximum absolute atomic E-state index is 12.1. The molecule has 1 atom stereocenters. The highest BCUT2D eigenvalue weighted by Gasteiger charge is 2.26. The number of fused-ring (bicyclic) bond motifs is 2. The standard InChI is InChI=1S/C20H20N6O3S/c1-2-30(27,28)25-15-8-5-7-14-18(15)19(24-23-14)20-22-13-6-3-4-9-16(13)26(20)17-12-21-10-11-29-17/h2-9,17,21,25H,1,10-12H2,(H,23,24). The maximum Gasteiger partial charge on any atom is 0.254 e. The topological polar surface area (TPSA) is 114 Å². The summed E-state index contributed by atoms with van der Waals surface area (Å²) in [6.45, 7) is 5.37. The molecule has 154 valence electrons. The fourth-order valence-corrected chi connectivity index (χ4v) is 4.29. The predicted molar refractivity (Wildman–Crippen MR) is 115 cm³/mol. The van der Waals surface area contributed by atoms with E-state index in [1.54, 1.807) is 12.1 Å². The van der Waals surface area contributed by atoms with Gasteiger partial charge in [0.2, 0.25) is 0 Å². The molecule has 1 aliphatic rings. The van der Waals surface area contributed by atoms with Crippen LogP contribution in [0.5, 0.6) is 0 Å². The third-order valence-corrected chi connectivity index (χ3v) is 6.01. The molecule has 2 aromatic carbocycles. The van der Waals surface area contributed by atoms with Crippen molar-refractivity contribution < 1.29 is 13.2 Å². The van der Waals surface area contributed by atoms with Crippen LogP contribution in [0.4, 0.5) is 5.69 Å². The van der Waals surface area contributed by atoms with Gasteiger partial charge in [-0.25, -0.2) is 13.4 Å². The second-order valence-corrected chi connectivity index (χ2v) is 8.57. The minimum absolute atomic E-state index is 0.259. The van der Waals surface area contributed by atoms with Crippen molar-refractivity contribution in [1.82, 2.24) is 25.1 Å². The number of anilines is 1. The van der Waals surface area contributed by atoms with Crippen molar-refractivity contribution in [3.8, 4) is 11.5 Å². The van der Waals surface area contributed by atoms with Crippen molar-refractivity contribution >= 4 is 37.6 Å². The number of ether oxygens (including phenoxy) is 1. The number of aromatic amines is 1. The third kappa shape index (κ3) is 3.15. The lowest BCUT2D eigenvalue weighted by Crippen LogP contribution is -2.36. The minimum Gasteiger partial charge on any atom is -0.355 e. The summed E-state index contributed by atoms with van der Waals surface area (Å²) in [5, 5.41) is 12.3. The minimum atomic E-state index is -3.69. The first-order valence-electron chi connectivity index (χ1n) is 9.49. The van der Waals surface area contributed by atoms with Crippen molar-refractivity contribution in [2.75, 3.05) is 24.4 Å². The van der Waals surface area contributed by atoms with Gasteiger partial charge in [-0.1, -0.05) is 24.8 Å². The molecular weight excluding hydrogens is 404 g/mol. The van der Waals surface area contributed by atoms with Gasteiger partial charge in [0.1, 0.15) is 11.9 Å². The number of morpholine rings is 1. The van der Waals surface area contributed by atoms with Gasteiger partial charge in [-0.3, -0.25) is 14.4 Å². The lowest BCUT2D eigenvalue weighted by atomic mass is 10.1. The van der Waals surface area contributed by atoms with E-state index in [4.69, 9.17) is 9.72 Å². The zero-order valence-corrected chi connectivity index (χ0v) is 16.8. The van der Waals surface area contributed by atoms with Crippen LogP contribution in [0.2, 0.25) is 0 Å². The third-order valence-electron chi connectivity index (χ3n) is 5.06. The van der Waals surface area contributed by atoms with Crippen molar-refractivity contribution in [3.05, 3.63) is 54.5 Å². The van der Waals surface area contributed by atoms with Crippen molar-refractivity contribution in [2.24, 2.45) is 0 Å². The van der Waals surface area contributed by atoms with E-state index >= 15 is 0 Å². The summed E-state index contributed by atoms with van der Waals surface area (Å²) in [7, 11) is -3.69. The molecule has 0 radical (unpaired) electrons. The Balaban J connectivity index is 1.76. The number of benzene rings is 2. The molecule has 0 bridgehead atoms. The summed E-state index contributed by atoms with van der Waals surface area (Å²) in [6.07, 6.45) is -0.259. The Labute approximate surface area is 172 Å². The number of nitrogens with one attached hydrogen (secondary N) is 3. The molecule has 3 N–H and O–H groups in total. The van der Waals surface area contributed by atoms with Gasteiger partial charge in [0.15, 0.2) is 5.82 Å². The van der Waals surface area contributed by atoms with E-state index in [9.17, 15) is 8.42 Å². The summed E-state index contributed by atoms with van der Waals surface area (Å²) in [5.41, 5.74) is 3.36. The van der Waals surface area contributed by atoms with Crippen LogP contribution < -0.4 is 10.0 Å². The lowest BCUT2D eigenvalue weighted by Gasteiger charge is -2.26. The van der Waals surface area contributed by atoms with Gasteiger partial charge in [-0.05, 0) is 24.3 Å². The summed E-state index contributed by atoms with van der Waals surface area (Å²) >= 11 is 0. The summed E-state index contributed by atoms with van der Waals surface area (Å²) in [4.78, 5) is 4.81. The SMILES string of the molecule is C=CS(=O)(=O)Nc1cccc2[nH]nc(-c3nc4ccccc4n3C3CNCCO3)c12. The fourth-order valence-electron chi connectivity index (χ4n) is 3.73. The molecule has 0 aliphatic carbocycles. The average molecular weight is 424 g/mol. The molecule has 4 aromatic rings. The zero-order valence-electron chi connectivity index (χ0n) is 16.0. The highest BCUT2D eigenvalue weighted by molar-refractivity contribution is 7.95. The monoisotopic (exact) mass is 424 g/mol. The molecule has 3 heterocycles. The van der Waals surface area contributed by atoms with Crippen molar-refractivity contribution in [2.45, 2.75) is 6.23 Å². The van der Waals surface area contributed by atoms with Gasteiger partial charge < -0.3 is 10.1 Å². The van der Waals surface area contributed by atoms with E-state index in [1.807, 2.05) is 34.9 Å². The first kappa shape index (κ1) is 18.8. The maximum atomic E-state index is 12.1. The largest absolute Gasteiger partial charge is 0.355 e. The van der Waals surface area contributed by atoms with Crippen LogP contribution >= 0.6 is 0 Å². The van der Waals surface area contributed by atoms with Crippen LogP contribution in [0, 0.1) is 0 Å². The second kappa shape index (κ2) is 7.24. The van der Waals surface area contributed by atoms with Gasteiger partial charge in [0.05, 0.1) is 34.2 Å². The summed E-state index contributed by atoms with van der Waals surface area (Å²) < 4.78 is 34.8.